The monoisotopic (exact) mass is 336 g/mol. The largest absolute Gasteiger partial charge is 0.274 e. The highest BCUT2D eigenvalue weighted by atomic mass is 32.1. The Balaban J connectivity index is 1.78. The summed E-state index contributed by atoms with van der Waals surface area (Å²) in [6.45, 7) is 4.27. The van der Waals surface area contributed by atoms with Crippen molar-refractivity contribution in [1.82, 2.24) is 4.98 Å². The molecular formula is C20H20N2OS. The molecule has 4 rings (SSSR count). The summed E-state index contributed by atoms with van der Waals surface area (Å²) in [5.41, 5.74) is 3.13. The Bertz CT molecular complexity index is 851. The molecule has 0 saturated heterocycles. The van der Waals surface area contributed by atoms with Gasteiger partial charge in [0, 0.05) is 5.92 Å². The Labute approximate surface area is 146 Å². The van der Waals surface area contributed by atoms with Gasteiger partial charge in [0.1, 0.15) is 0 Å². The van der Waals surface area contributed by atoms with Crippen LogP contribution in [0.25, 0.3) is 10.2 Å². The Morgan fingerprint density at radius 1 is 1.21 bits per heavy atom. The second kappa shape index (κ2) is 6.02. The number of rotatable bonds is 4. The highest BCUT2D eigenvalue weighted by Crippen LogP contribution is 2.43. The normalized spacial score (nSPS) is 19.4. The first kappa shape index (κ1) is 15.3. The smallest absolute Gasteiger partial charge is 0.236 e. The summed E-state index contributed by atoms with van der Waals surface area (Å²) in [6.07, 6.45) is 1.97. The van der Waals surface area contributed by atoms with Crippen LogP contribution in [0.15, 0.2) is 48.5 Å². The van der Waals surface area contributed by atoms with Crippen LogP contribution in [0.1, 0.15) is 25.8 Å². The van der Waals surface area contributed by atoms with Crippen LogP contribution in [0, 0.1) is 11.8 Å². The second-order valence-corrected chi connectivity index (χ2v) is 7.49. The molecule has 0 N–H and O–H groups in total. The predicted molar refractivity (Wildman–Crippen MR) is 99.9 cm³/mol. The van der Waals surface area contributed by atoms with Gasteiger partial charge in [0.15, 0.2) is 5.13 Å². The molecule has 1 aliphatic carbocycles. The lowest BCUT2D eigenvalue weighted by atomic mass is 10.1. The number of amides is 1. The van der Waals surface area contributed by atoms with E-state index >= 15 is 0 Å². The zero-order valence-electron chi connectivity index (χ0n) is 13.9. The third-order valence-electron chi connectivity index (χ3n) is 4.72. The van der Waals surface area contributed by atoms with Gasteiger partial charge in [0.25, 0.3) is 0 Å². The molecule has 0 bridgehead atoms. The van der Waals surface area contributed by atoms with Gasteiger partial charge in [0.2, 0.25) is 5.91 Å². The van der Waals surface area contributed by atoms with Crippen LogP contribution >= 0.6 is 11.3 Å². The van der Waals surface area contributed by atoms with E-state index < -0.39 is 0 Å². The SMILES string of the molecule is CCc1ccc(N(C(=O)C2CC2C)c2nc3ccccc3s2)cc1. The van der Waals surface area contributed by atoms with Crippen LogP contribution in [0.5, 0.6) is 0 Å². The van der Waals surface area contributed by atoms with Crippen LogP contribution in [0.2, 0.25) is 0 Å². The van der Waals surface area contributed by atoms with E-state index in [1.54, 1.807) is 11.3 Å². The lowest BCUT2D eigenvalue weighted by molar-refractivity contribution is -0.119. The molecular weight excluding hydrogens is 316 g/mol. The lowest BCUT2D eigenvalue weighted by Crippen LogP contribution is -2.27. The zero-order valence-corrected chi connectivity index (χ0v) is 14.7. The van der Waals surface area contributed by atoms with E-state index in [0.717, 1.165) is 33.9 Å². The van der Waals surface area contributed by atoms with Crippen molar-refractivity contribution in [1.29, 1.82) is 0 Å². The Kier molecular flexibility index (Phi) is 3.85. The van der Waals surface area contributed by atoms with Gasteiger partial charge in [-0.3, -0.25) is 9.69 Å². The molecule has 1 aliphatic rings. The van der Waals surface area contributed by atoms with Crippen LogP contribution in [-0.2, 0) is 11.2 Å². The maximum atomic E-state index is 13.0. The highest BCUT2D eigenvalue weighted by Gasteiger charge is 2.43. The first-order valence-electron chi connectivity index (χ1n) is 8.46. The van der Waals surface area contributed by atoms with Gasteiger partial charge in [-0.05, 0) is 48.6 Å². The molecule has 24 heavy (non-hydrogen) atoms. The van der Waals surface area contributed by atoms with Crippen LogP contribution in [-0.4, -0.2) is 10.9 Å². The molecule has 1 saturated carbocycles. The minimum Gasteiger partial charge on any atom is -0.274 e. The summed E-state index contributed by atoms with van der Waals surface area (Å²) in [6, 6.07) is 16.3. The third kappa shape index (κ3) is 2.71. The number of thiazole rings is 1. The highest BCUT2D eigenvalue weighted by molar-refractivity contribution is 7.22. The summed E-state index contributed by atoms with van der Waals surface area (Å²) in [5, 5.41) is 0.768. The summed E-state index contributed by atoms with van der Waals surface area (Å²) < 4.78 is 1.11. The number of anilines is 2. The Morgan fingerprint density at radius 3 is 2.54 bits per heavy atom. The molecule has 1 amide bonds. The molecule has 122 valence electrons. The fourth-order valence-corrected chi connectivity index (χ4v) is 3.99. The minimum absolute atomic E-state index is 0.128. The predicted octanol–water partition coefficient (Wildman–Crippen LogP) is 5.18. The molecule has 2 unspecified atom stereocenters. The van der Waals surface area contributed by atoms with E-state index in [-0.39, 0.29) is 11.8 Å². The van der Waals surface area contributed by atoms with E-state index in [1.165, 1.54) is 5.56 Å². The summed E-state index contributed by atoms with van der Waals surface area (Å²) in [5.74, 6) is 0.776. The second-order valence-electron chi connectivity index (χ2n) is 6.48. The van der Waals surface area contributed by atoms with E-state index in [2.05, 4.69) is 32.0 Å². The van der Waals surface area contributed by atoms with E-state index in [9.17, 15) is 4.79 Å². The number of carbonyl (C=O) groups is 1. The number of carbonyl (C=O) groups excluding carboxylic acids is 1. The Morgan fingerprint density at radius 2 is 1.92 bits per heavy atom. The lowest BCUT2D eigenvalue weighted by Gasteiger charge is -2.20. The van der Waals surface area contributed by atoms with Crippen molar-refractivity contribution in [2.45, 2.75) is 26.7 Å². The molecule has 0 radical (unpaired) electrons. The summed E-state index contributed by atoms with van der Waals surface area (Å²) in [7, 11) is 0. The average Bonchev–Trinajstić information content (AvgIpc) is 3.19. The number of para-hydroxylation sites is 1. The first-order valence-corrected chi connectivity index (χ1v) is 9.27. The van der Waals surface area contributed by atoms with Crippen molar-refractivity contribution in [3.05, 3.63) is 54.1 Å². The summed E-state index contributed by atoms with van der Waals surface area (Å²) in [4.78, 5) is 19.6. The quantitative estimate of drug-likeness (QED) is 0.658. The standard InChI is InChI=1S/C20H20N2OS/c1-3-14-8-10-15(11-9-14)22(19(23)16-12-13(16)2)20-21-17-6-4-5-7-18(17)24-20/h4-11,13,16H,3,12H2,1-2H3. The molecule has 1 fully saturated rings. The fraction of sp³-hybridized carbons (Fsp3) is 0.300. The van der Waals surface area contributed by atoms with Gasteiger partial charge in [-0.15, -0.1) is 0 Å². The number of fused-ring (bicyclic) bond motifs is 1. The number of hydrogen-bond acceptors (Lipinski definition) is 3. The van der Waals surface area contributed by atoms with Crippen molar-refractivity contribution in [2.75, 3.05) is 4.90 Å². The van der Waals surface area contributed by atoms with Gasteiger partial charge in [-0.1, -0.05) is 49.4 Å². The average molecular weight is 336 g/mol. The maximum absolute atomic E-state index is 13.0. The molecule has 4 heteroatoms. The van der Waals surface area contributed by atoms with Crippen LogP contribution in [0.4, 0.5) is 10.8 Å². The molecule has 3 aromatic rings. The number of aromatic nitrogens is 1. The first-order chi connectivity index (χ1) is 11.7. The minimum atomic E-state index is 0.128. The fourth-order valence-electron chi connectivity index (χ4n) is 3.00. The molecule has 2 atom stereocenters. The van der Waals surface area contributed by atoms with Crippen molar-refractivity contribution >= 4 is 38.3 Å². The molecule has 2 aromatic carbocycles. The molecule has 0 spiro atoms. The van der Waals surface area contributed by atoms with Gasteiger partial charge < -0.3 is 0 Å². The van der Waals surface area contributed by atoms with Crippen LogP contribution < -0.4 is 4.90 Å². The van der Waals surface area contributed by atoms with Gasteiger partial charge in [-0.2, -0.15) is 0 Å². The van der Waals surface area contributed by atoms with Gasteiger partial charge in [0.05, 0.1) is 15.9 Å². The molecule has 1 heterocycles. The molecule has 1 aromatic heterocycles. The van der Waals surface area contributed by atoms with Crippen molar-refractivity contribution < 1.29 is 4.79 Å². The number of benzene rings is 2. The van der Waals surface area contributed by atoms with Crippen molar-refractivity contribution in [2.24, 2.45) is 11.8 Å². The van der Waals surface area contributed by atoms with Crippen molar-refractivity contribution in [3.8, 4) is 0 Å². The van der Waals surface area contributed by atoms with Crippen LogP contribution in [0.3, 0.4) is 0 Å². The van der Waals surface area contributed by atoms with E-state index in [1.807, 2.05) is 35.2 Å². The molecule has 0 aliphatic heterocycles. The number of aryl methyl sites for hydroxylation is 1. The van der Waals surface area contributed by atoms with E-state index in [0.29, 0.717) is 5.92 Å². The number of nitrogens with zero attached hydrogens (tertiary/aromatic N) is 2. The zero-order chi connectivity index (χ0) is 16.7. The summed E-state index contributed by atoms with van der Waals surface area (Å²) >= 11 is 1.58. The number of hydrogen-bond donors (Lipinski definition) is 0. The van der Waals surface area contributed by atoms with Gasteiger partial charge >= 0.3 is 0 Å². The van der Waals surface area contributed by atoms with Gasteiger partial charge in [-0.25, -0.2) is 4.98 Å². The molecule has 3 nitrogen and oxygen atoms in total. The third-order valence-corrected chi connectivity index (χ3v) is 5.75. The van der Waals surface area contributed by atoms with E-state index in [4.69, 9.17) is 4.98 Å². The topological polar surface area (TPSA) is 33.2 Å². The van der Waals surface area contributed by atoms with Crippen molar-refractivity contribution in [3.63, 3.8) is 0 Å². The maximum Gasteiger partial charge on any atom is 0.236 e. The Hall–Kier alpha value is -2.20.